The van der Waals surface area contributed by atoms with Crippen LogP contribution in [0.5, 0.6) is 0 Å². The van der Waals surface area contributed by atoms with Crippen molar-refractivity contribution in [2.75, 3.05) is 0 Å². The van der Waals surface area contributed by atoms with E-state index in [1.165, 1.54) is 0 Å². The van der Waals surface area contributed by atoms with Gasteiger partial charge in [-0.25, -0.2) is 0 Å². The van der Waals surface area contributed by atoms with Crippen LogP contribution in [0, 0.1) is 10.8 Å². The van der Waals surface area contributed by atoms with Crippen molar-refractivity contribution in [1.82, 2.24) is 0 Å². The van der Waals surface area contributed by atoms with E-state index in [-0.39, 0.29) is 11.2 Å². The Bertz CT molecular complexity index is 545. The van der Waals surface area contributed by atoms with E-state index in [4.69, 9.17) is 4.74 Å². The van der Waals surface area contributed by atoms with Gasteiger partial charge in [-0.3, -0.25) is 9.59 Å². The number of esters is 1. The summed E-state index contributed by atoms with van der Waals surface area (Å²) in [5.41, 5.74) is 1.10. The van der Waals surface area contributed by atoms with E-state index in [0.29, 0.717) is 6.42 Å². The first-order valence-electron chi connectivity index (χ1n) is 8.73. The van der Waals surface area contributed by atoms with Crippen molar-refractivity contribution >= 4 is 11.8 Å². The fraction of sp³-hybridized carbons (Fsp3) is 0.714. The summed E-state index contributed by atoms with van der Waals surface area (Å²) in [4.78, 5) is 24.8. The van der Waals surface area contributed by atoms with Gasteiger partial charge in [0.05, 0.1) is 0 Å². The monoisotopic (exact) mass is 336 g/mol. The zero-order chi connectivity index (χ0) is 19.5. The maximum Gasteiger partial charge on any atom is 0.319 e. The van der Waals surface area contributed by atoms with Crippen LogP contribution in [0.1, 0.15) is 82.1 Å². The van der Waals surface area contributed by atoms with Gasteiger partial charge in [0, 0.05) is 11.8 Å². The summed E-state index contributed by atoms with van der Waals surface area (Å²) in [6, 6.07) is 0. The minimum atomic E-state index is -1.12. The molecule has 0 bridgehead atoms. The van der Waals surface area contributed by atoms with E-state index in [2.05, 4.69) is 20.4 Å². The molecule has 0 aliphatic rings. The first-order chi connectivity index (χ1) is 10.6. The molecule has 0 aliphatic heterocycles. The van der Waals surface area contributed by atoms with Gasteiger partial charge in [-0.05, 0) is 60.5 Å². The Balaban J connectivity index is 5.59. The Morgan fingerprint density at radius 1 is 0.875 bits per heavy atom. The molecular weight excluding hydrogens is 300 g/mol. The summed E-state index contributed by atoms with van der Waals surface area (Å²) in [7, 11) is 0. The van der Waals surface area contributed by atoms with Crippen LogP contribution in [0.15, 0.2) is 23.3 Å². The molecule has 0 unspecified atom stereocenters. The van der Waals surface area contributed by atoms with Crippen molar-refractivity contribution in [2.45, 2.75) is 87.7 Å². The van der Waals surface area contributed by atoms with E-state index >= 15 is 0 Å². The Kier molecular flexibility index (Phi) is 7.23. The van der Waals surface area contributed by atoms with Gasteiger partial charge in [0.1, 0.15) is 16.8 Å². The topological polar surface area (TPSA) is 43.4 Å². The molecule has 3 heteroatoms. The molecule has 0 N–H and O–H groups in total. The standard InChI is InChI=1S/C21H36O3/c1-12-13-17(22)20(8,9)18(23)24-21(10,11)16(5)15(4)19(6,7)14(2)3/h2,12-13H2,1,3-11H3/b16-15-. The van der Waals surface area contributed by atoms with E-state index in [9.17, 15) is 9.59 Å². The number of carbonyl (C=O) groups is 2. The largest absolute Gasteiger partial charge is 0.454 e. The zero-order valence-electron chi connectivity index (χ0n) is 17.3. The Morgan fingerprint density at radius 2 is 1.33 bits per heavy atom. The molecule has 0 aromatic heterocycles. The molecule has 0 fully saturated rings. The Labute approximate surface area is 148 Å². The van der Waals surface area contributed by atoms with Crippen LogP contribution in [0.4, 0.5) is 0 Å². The minimum Gasteiger partial charge on any atom is -0.454 e. The SMILES string of the molecule is C=C(C)C(C)(C)/C(C)=C(/C)C(C)(C)OC(=O)C(C)(C)C(=O)CCC. The number of hydrogen-bond acceptors (Lipinski definition) is 3. The molecule has 0 saturated heterocycles. The van der Waals surface area contributed by atoms with E-state index in [1.54, 1.807) is 13.8 Å². The van der Waals surface area contributed by atoms with Gasteiger partial charge in [-0.2, -0.15) is 0 Å². The van der Waals surface area contributed by atoms with Crippen LogP contribution in [-0.2, 0) is 14.3 Å². The second-order valence-corrected chi connectivity index (χ2v) is 8.35. The van der Waals surface area contributed by atoms with Gasteiger partial charge in [-0.1, -0.05) is 38.5 Å². The first-order valence-corrected chi connectivity index (χ1v) is 8.73. The zero-order valence-corrected chi connectivity index (χ0v) is 17.3. The molecule has 24 heavy (non-hydrogen) atoms. The third-order valence-electron chi connectivity index (χ3n) is 5.50. The molecule has 0 spiro atoms. The lowest BCUT2D eigenvalue weighted by atomic mass is 9.75. The highest BCUT2D eigenvalue weighted by molar-refractivity contribution is 6.03. The number of allylic oxidation sites excluding steroid dienone is 2. The number of hydrogen-bond donors (Lipinski definition) is 0. The summed E-state index contributed by atoms with van der Waals surface area (Å²) in [5, 5.41) is 0. The number of carbonyl (C=O) groups excluding carboxylic acids is 2. The molecule has 0 rings (SSSR count). The average Bonchev–Trinajstić information content (AvgIpc) is 2.44. The number of ketones is 1. The smallest absolute Gasteiger partial charge is 0.319 e. The minimum absolute atomic E-state index is 0.0774. The predicted octanol–water partition coefficient (Wildman–Crippen LogP) is 5.64. The summed E-state index contributed by atoms with van der Waals surface area (Å²) in [5.74, 6) is -0.544. The fourth-order valence-corrected chi connectivity index (χ4v) is 2.33. The van der Waals surface area contributed by atoms with Crippen LogP contribution in [-0.4, -0.2) is 17.4 Å². The van der Waals surface area contributed by atoms with Crippen molar-refractivity contribution in [1.29, 1.82) is 0 Å². The fourth-order valence-electron chi connectivity index (χ4n) is 2.33. The molecule has 0 saturated carbocycles. The van der Waals surface area contributed by atoms with Gasteiger partial charge in [0.2, 0.25) is 0 Å². The van der Waals surface area contributed by atoms with E-state index in [1.807, 2.05) is 41.5 Å². The van der Waals surface area contributed by atoms with Gasteiger partial charge in [0.25, 0.3) is 0 Å². The summed E-state index contributed by atoms with van der Waals surface area (Å²) in [6.45, 7) is 23.3. The Hall–Kier alpha value is -1.38. The van der Waals surface area contributed by atoms with Gasteiger partial charge in [-0.15, -0.1) is 0 Å². The van der Waals surface area contributed by atoms with Gasteiger partial charge >= 0.3 is 5.97 Å². The van der Waals surface area contributed by atoms with Crippen LogP contribution < -0.4 is 0 Å². The van der Waals surface area contributed by atoms with Crippen molar-refractivity contribution in [3.05, 3.63) is 23.3 Å². The van der Waals surface area contributed by atoms with Crippen molar-refractivity contribution in [3.63, 3.8) is 0 Å². The molecule has 0 aromatic carbocycles. The van der Waals surface area contributed by atoms with Crippen molar-refractivity contribution in [2.24, 2.45) is 10.8 Å². The average molecular weight is 337 g/mol. The summed E-state index contributed by atoms with van der Waals surface area (Å²) in [6.07, 6.45) is 1.11. The second kappa shape index (κ2) is 7.67. The van der Waals surface area contributed by atoms with Gasteiger partial charge in [0.15, 0.2) is 0 Å². The lowest BCUT2D eigenvalue weighted by Gasteiger charge is -2.36. The van der Waals surface area contributed by atoms with Crippen LogP contribution in [0.2, 0.25) is 0 Å². The molecule has 0 amide bonds. The van der Waals surface area contributed by atoms with E-state index < -0.39 is 17.0 Å². The normalized spacial score (nSPS) is 14.1. The molecule has 138 valence electrons. The molecule has 0 atom stereocenters. The predicted molar refractivity (Wildman–Crippen MR) is 101 cm³/mol. The quantitative estimate of drug-likeness (QED) is 0.327. The lowest BCUT2D eigenvalue weighted by molar-refractivity contribution is -0.167. The van der Waals surface area contributed by atoms with Crippen LogP contribution >= 0.6 is 0 Å². The molecule has 0 aliphatic carbocycles. The maximum atomic E-state index is 12.6. The lowest BCUT2D eigenvalue weighted by Crippen LogP contribution is -2.41. The molecule has 3 nitrogen and oxygen atoms in total. The highest BCUT2D eigenvalue weighted by atomic mass is 16.6. The molecule has 0 radical (unpaired) electrons. The molecule has 0 heterocycles. The second-order valence-electron chi connectivity index (χ2n) is 8.35. The maximum absolute atomic E-state index is 12.6. The van der Waals surface area contributed by atoms with Crippen molar-refractivity contribution < 1.29 is 14.3 Å². The Morgan fingerprint density at radius 3 is 1.71 bits per heavy atom. The third-order valence-corrected chi connectivity index (χ3v) is 5.50. The van der Waals surface area contributed by atoms with Crippen molar-refractivity contribution in [3.8, 4) is 0 Å². The number of ether oxygens (including phenoxy) is 1. The van der Waals surface area contributed by atoms with Crippen LogP contribution in [0.3, 0.4) is 0 Å². The highest BCUT2D eigenvalue weighted by Gasteiger charge is 2.41. The summed E-state index contributed by atoms with van der Waals surface area (Å²) >= 11 is 0. The number of rotatable bonds is 8. The highest BCUT2D eigenvalue weighted by Crippen LogP contribution is 2.39. The van der Waals surface area contributed by atoms with E-state index in [0.717, 1.165) is 23.1 Å². The molecular formula is C21H36O3. The third kappa shape index (κ3) is 4.81. The molecule has 0 aromatic rings. The summed E-state index contributed by atoms with van der Waals surface area (Å²) < 4.78 is 5.78. The first kappa shape index (κ1) is 22.6. The number of Topliss-reactive ketones (excluding diaryl/α,β-unsaturated/α-hetero) is 1. The van der Waals surface area contributed by atoms with Gasteiger partial charge < -0.3 is 4.74 Å². The van der Waals surface area contributed by atoms with Crippen LogP contribution in [0.25, 0.3) is 0 Å².